The molecule has 0 bridgehead atoms. The first-order valence-corrected chi connectivity index (χ1v) is 9.60. The molecule has 2 aromatic carbocycles. The lowest BCUT2D eigenvalue weighted by Gasteiger charge is -2.16. The summed E-state index contributed by atoms with van der Waals surface area (Å²) in [6.45, 7) is 0. The molecule has 2 aromatic heterocycles. The highest BCUT2D eigenvalue weighted by Gasteiger charge is 2.36. The molecule has 0 aliphatic heterocycles. The van der Waals surface area contributed by atoms with Crippen LogP contribution in [0.1, 0.15) is 16.2 Å². The highest BCUT2D eigenvalue weighted by Crippen LogP contribution is 2.32. The largest absolute Gasteiger partial charge is 0.573 e. The van der Waals surface area contributed by atoms with Gasteiger partial charge in [-0.05, 0) is 30.3 Å². The van der Waals surface area contributed by atoms with Gasteiger partial charge in [-0.15, -0.1) is 13.2 Å². The predicted octanol–water partition coefficient (Wildman–Crippen LogP) is 5.59. The maximum absolute atomic E-state index is 13.7. The number of amides is 1. The molecule has 0 aliphatic rings. The van der Waals surface area contributed by atoms with E-state index in [1.165, 1.54) is 19.2 Å². The van der Waals surface area contributed by atoms with Crippen molar-refractivity contribution in [3.63, 3.8) is 0 Å². The van der Waals surface area contributed by atoms with E-state index in [-0.39, 0.29) is 22.7 Å². The number of hydrogen-bond acceptors (Lipinski definition) is 4. The molecule has 34 heavy (non-hydrogen) atoms. The van der Waals surface area contributed by atoms with E-state index in [2.05, 4.69) is 14.8 Å². The summed E-state index contributed by atoms with van der Waals surface area (Å²) in [5, 5.41) is 3.80. The molecule has 0 radical (unpaired) electrons. The van der Waals surface area contributed by atoms with Crippen LogP contribution < -0.4 is 9.64 Å². The standard InChI is InChI=1S/C22H14F6N4O2/c1-31(14-7-9-15(10-8-14)34-22(26,27)28)20(33)17-12-19-29-16(13-5-3-2-4-6-13)11-18(21(23,24)25)32(19)30-17/h2-12H,1H3. The van der Waals surface area contributed by atoms with Gasteiger partial charge in [0, 0.05) is 24.4 Å². The lowest BCUT2D eigenvalue weighted by Crippen LogP contribution is -2.26. The number of hydrogen-bond donors (Lipinski definition) is 0. The first-order chi connectivity index (χ1) is 15.9. The average molecular weight is 480 g/mol. The Hall–Kier alpha value is -4.09. The number of fused-ring (bicyclic) bond motifs is 1. The predicted molar refractivity (Wildman–Crippen MR) is 109 cm³/mol. The molecule has 0 aliphatic carbocycles. The zero-order chi connectivity index (χ0) is 24.7. The third-order valence-electron chi connectivity index (χ3n) is 4.77. The van der Waals surface area contributed by atoms with Gasteiger partial charge in [-0.1, -0.05) is 30.3 Å². The molecule has 0 saturated carbocycles. The Bertz CT molecular complexity index is 1330. The van der Waals surface area contributed by atoms with Gasteiger partial charge in [-0.3, -0.25) is 4.79 Å². The van der Waals surface area contributed by atoms with Gasteiger partial charge in [0.1, 0.15) is 5.75 Å². The van der Waals surface area contributed by atoms with Crippen molar-refractivity contribution in [3.05, 3.63) is 78.1 Å². The van der Waals surface area contributed by atoms with Crippen LogP contribution in [0.2, 0.25) is 0 Å². The zero-order valence-corrected chi connectivity index (χ0v) is 17.2. The Balaban J connectivity index is 1.70. The highest BCUT2D eigenvalue weighted by atomic mass is 19.4. The third kappa shape index (κ3) is 4.80. The van der Waals surface area contributed by atoms with Crippen LogP contribution in [0.25, 0.3) is 16.9 Å². The molecule has 1 amide bonds. The summed E-state index contributed by atoms with van der Waals surface area (Å²) in [5.74, 6) is -1.28. The summed E-state index contributed by atoms with van der Waals surface area (Å²) in [6.07, 6.45) is -9.65. The molecular weight excluding hydrogens is 466 g/mol. The molecule has 0 unspecified atom stereocenters. The van der Waals surface area contributed by atoms with Crippen LogP contribution in [0, 0.1) is 0 Å². The topological polar surface area (TPSA) is 59.7 Å². The minimum Gasteiger partial charge on any atom is -0.406 e. The fraction of sp³-hybridized carbons (Fsp3) is 0.136. The Labute approximate surface area is 188 Å². The van der Waals surface area contributed by atoms with E-state index in [0.29, 0.717) is 10.1 Å². The van der Waals surface area contributed by atoms with Crippen LogP contribution in [0.15, 0.2) is 66.7 Å². The lowest BCUT2D eigenvalue weighted by atomic mass is 10.1. The number of aromatic nitrogens is 3. The van der Waals surface area contributed by atoms with Gasteiger partial charge < -0.3 is 9.64 Å². The number of nitrogens with zero attached hydrogens (tertiary/aromatic N) is 4. The molecule has 0 fully saturated rings. The zero-order valence-electron chi connectivity index (χ0n) is 17.2. The van der Waals surface area contributed by atoms with Gasteiger partial charge >= 0.3 is 12.5 Å². The second-order valence-corrected chi connectivity index (χ2v) is 7.10. The van der Waals surface area contributed by atoms with Crippen molar-refractivity contribution in [1.82, 2.24) is 14.6 Å². The van der Waals surface area contributed by atoms with E-state index >= 15 is 0 Å². The maximum Gasteiger partial charge on any atom is 0.573 e. The van der Waals surface area contributed by atoms with E-state index in [9.17, 15) is 31.1 Å². The summed E-state index contributed by atoms with van der Waals surface area (Å²) in [7, 11) is 1.31. The molecule has 0 saturated heterocycles. The summed E-state index contributed by atoms with van der Waals surface area (Å²) < 4.78 is 82.5. The van der Waals surface area contributed by atoms with Gasteiger partial charge in [-0.2, -0.15) is 18.3 Å². The second kappa shape index (κ2) is 8.36. The van der Waals surface area contributed by atoms with Crippen LogP contribution in [-0.4, -0.2) is 33.9 Å². The molecule has 4 aromatic rings. The molecule has 176 valence electrons. The van der Waals surface area contributed by atoms with Crippen LogP contribution in [0.5, 0.6) is 5.75 Å². The molecule has 0 N–H and O–H groups in total. The number of ether oxygens (including phenoxy) is 1. The molecule has 4 rings (SSSR count). The smallest absolute Gasteiger partial charge is 0.406 e. The number of benzene rings is 2. The fourth-order valence-corrected chi connectivity index (χ4v) is 3.20. The molecule has 0 atom stereocenters. The van der Waals surface area contributed by atoms with Crippen LogP contribution in [0.4, 0.5) is 32.0 Å². The van der Waals surface area contributed by atoms with E-state index in [1.807, 2.05) is 0 Å². The van der Waals surface area contributed by atoms with Gasteiger partial charge in [0.25, 0.3) is 5.91 Å². The Kier molecular flexibility index (Phi) is 5.67. The summed E-state index contributed by atoms with van der Waals surface area (Å²) in [6, 6.07) is 14.6. The Morgan fingerprint density at radius 3 is 2.18 bits per heavy atom. The van der Waals surface area contributed by atoms with E-state index in [1.54, 1.807) is 30.3 Å². The van der Waals surface area contributed by atoms with Crippen LogP contribution in [-0.2, 0) is 6.18 Å². The molecule has 12 heteroatoms. The minimum atomic E-state index is -4.87. The van der Waals surface area contributed by atoms with Crippen molar-refractivity contribution in [2.75, 3.05) is 11.9 Å². The van der Waals surface area contributed by atoms with Crippen molar-refractivity contribution < 1.29 is 35.9 Å². The Morgan fingerprint density at radius 1 is 0.941 bits per heavy atom. The van der Waals surface area contributed by atoms with Crippen molar-refractivity contribution in [2.24, 2.45) is 0 Å². The second-order valence-electron chi connectivity index (χ2n) is 7.10. The number of anilines is 1. The van der Waals surface area contributed by atoms with Crippen molar-refractivity contribution in [2.45, 2.75) is 12.5 Å². The van der Waals surface area contributed by atoms with Gasteiger partial charge in [0.15, 0.2) is 17.0 Å². The van der Waals surface area contributed by atoms with Crippen molar-refractivity contribution >= 4 is 17.2 Å². The quantitative estimate of drug-likeness (QED) is 0.358. The fourth-order valence-electron chi connectivity index (χ4n) is 3.20. The minimum absolute atomic E-state index is 0.0490. The molecule has 2 heterocycles. The van der Waals surface area contributed by atoms with E-state index in [4.69, 9.17) is 0 Å². The average Bonchev–Trinajstić information content (AvgIpc) is 3.21. The number of alkyl halides is 6. The van der Waals surface area contributed by atoms with Gasteiger partial charge in [-0.25, -0.2) is 9.50 Å². The third-order valence-corrected chi connectivity index (χ3v) is 4.77. The lowest BCUT2D eigenvalue weighted by molar-refractivity contribution is -0.274. The highest BCUT2D eigenvalue weighted by molar-refractivity contribution is 6.05. The van der Waals surface area contributed by atoms with E-state index in [0.717, 1.165) is 29.2 Å². The SMILES string of the molecule is CN(C(=O)c1cc2nc(-c3ccccc3)cc(C(F)(F)F)n2n1)c1ccc(OC(F)(F)F)cc1. The monoisotopic (exact) mass is 480 g/mol. The number of halogens is 6. The van der Waals surface area contributed by atoms with Gasteiger partial charge in [0.2, 0.25) is 0 Å². The van der Waals surface area contributed by atoms with Crippen LogP contribution >= 0.6 is 0 Å². The maximum atomic E-state index is 13.7. The molecule has 0 spiro atoms. The molecule has 6 nitrogen and oxygen atoms in total. The van der Waals surface area contributed by atoms with Crippen molar-refractivity contribution in [3.8, 4) is 17.0 Å². The summed E-state index contributed by atoms with van der Waals surface area (Å²) in [4.78, 5) is 18.1. The van der Waals surface area contributed by atoms with Crippen molar-refractivity contribution in [1.29, 1.82) is 0 Å². The van der Waals surface area contributed by atoms with Gasteiger partial charge in [0.05, 0.1) is 5.69 Å². The first-order valence-electron chi connectivity index (χ1n) is 9.60. The summed E-state index contributed by atoms with van der Waals surface area (Å²) >= 11 is 0. The molecular formula is C22H14F6N4O2. The Morgan fingerprint density at radius 2 is 1.59 bits per heavy atom. The normalized spacial score (nSPS) is 12.1. The summed E-state index contributed by atoms with van der Waals surface area (Å²) in [5.41, 5.74) is -0.978. The number of rotatable bonds is 4. The number of carbonyl (C=O) groups is 1. The van der Waals surface area contributed by atoms with Crippen LogP contribution in [0.3, 0.4) is 0 Å². The first kappa shape index (κ1) is 23.1. The number of carbonyl (C=O) groups excluding carboxylic acids is 1. The van der Waals surface area contributed by atoms with E-state index < -0.39 is 29.9 Å².